The predicted molar refractivity (Wildman–Crippen MR) is 114 cm³/mol. The zero-order valence-corrected chi connectivity index (χ0v) is 17.7. The van der Waals surface area contributed by atoms with Crippen LogP contribution >= 0.6 is 0 Å². The maximum atomic E-state index is 14.0. The van der Waals surface area contributed by atoms with Gasteiger partial charge in [0.15, 0.2) is 11.5 Å². The maximum absolute atomic E-state index is 14.0. The number of aryl methyl sites for hydroxylation is 1. The van der Waals surface area contributed by atoms with Gasteiger partial charge in [-0.1, -0.05) is 18.2 Å². The molecule has 0 saturated heterocycles. The molecule has 2 aromatic carbocycles. The summed E-state index contributed by atoms with van der Waals surface area (Å²) in [6.07, 6.45) is 0. The second-order valence-electron chi connectivity index (χ2n) is 6.78. The van der Waals surface area contributed by atoms with E-state index in [0.29, 0.717) is 47.2 Å². The highest BCUT2D eigenvalue weighted by molar-refractivity contribution is 6.05. The number of aromatic nitrogens is 2. The number of nitrogens with zero attached hydrogens (tertiary/aromatic N) is 2. The van der Waals surface area contributed by atoms with Crippen molar-refractivity contribution in [2.24, 2.45) is 0 Å². The van der Waals surface area contributed by atoms with Crippen molar-refractivity contribution in [3.05, 3.63) is 70.8 Å². The monoisotopic (exact) mass is 411 g/mol. The van der Waals surface area contributed by atoms with Gasteiger partial charge in [-0.3, -0.25) is 9.48 Å². The highest BCUT2D eigenvalue weighted by Gasteiger charge is 2.18. The van der Waals surface area contributed by atoms with Gasteiger partial charge in [-0.05, 0) is 52.0 Å². The van der Waals surface area contributed by atoms with E-state index in [1.807, 2.05) is 27.7 Å². The fourth-order valence-electron chi connectivity index (χ4n) is 3.20. The van der Waals surface area contributed by atoms with Gasteiger partial charge < -0.3 is 14.8 Å². The molecule has 0 saturated carbocycles. The van der Waals surface area contributed by atoms with E-state index < -0.39 is 0 Å². The quantitative estimate of drug-likeness (QED) is 0.582. The molecule has 0 fully saturated rings. The molecule has 1 amide bonds. The first-order chi connectivity index (χ1) is 14.4. The Morgan fingerprint density at radius 2 is 1.77 bits per heavy atom. The highest BCUT2D eigenvalue weighted by atomic mass is 19.1. The van der Waals surface area contributed by atoms with Crippen molar-refractivity contribution >= 4 is 11.6 Å². The van der Waals surface area contributed by atoms with Gasteiger partial charge in [0.25, 0.3) is 5.91 Å². The summed E-state index contributed by atoms with van der Waals surface area (Å²) in [5.41, 5.74) is 3.01. The van der Waals surface area contributed by atoms with E-state index in [9.17, 15) is 9.18 Å². The van der Waals surface area contributed by atoms with Crippen LogP contribution in [0.1, 0.15) is 41.2 Å². The molecule has 1 aromatic heterocycles. The summed E-state index contributed by atoms with van der Waals surface area (Å²) >= 11 is 0. The van der Waals surface area contributed by atoms with Crippen molar-refractivity contribution < 1.29 is 18.7 Å². The van der Waals surface area contributed by atoms with Crippen LogP contribution in [0.3, 0.4) is 0 Å². The Kier molecular flexibility index (Phi) is 6.72. The number of amides is 1. The molecule has 0 aliphatic heterocycles. The van der Waals surface area contributed by atoms with Gasteiger partial charge in [0.2, 0.25) is 0 Å². The summed E-state index contributed by atoms with van der Waals surface area (Å²) in [7, 11) is 0. The first-order valence-electron chi connectivity index (χ1n) is 9.93. The van der Waals surface area contributed by atoms with Crippen LogP contribution in [-0.4, -0.2) is 28.9 Å². The minimum absolute atomic E-state index is 0.282. The Labute approximate surface area is 175 Å². The molecule has 0 unspecified atom stereocenters. The summed E-state index contributed by atoms with van der Waals surface area (Å²) in [5.74, 6) is 0.556. The minimum Gasteiger partial charge on any atom is -0.490 e. The lowest BCUT2D eigenvalue weighted by molar-refractivity contribution is 0.102. The fraction of sp³-hybridized carbons (Fsp3) is 0.304. The molecule has 3 rings (SSSR count). The lowest BCUT2D eigenvalue weighted by Crippen LogP contribution is -2.14. The molecular formula is C23H26FN3O3. The third-order valence-electron chi connectivity index (χ3n) is 4.70. The lowest BCUT2D eigenvalue weighted by Gasteiger charge is -2.13. The fourth-order valence-corrected chi connectivity index (χ4v) is 3.20. The molecule has 0 atom stereocenters. The molecular weight excluding hydrogens is 385 g/mol. The number of benzene rings is 2. The molecule has 0 spiro atoms. The molecule has 7 heteroatoms. The third-order valence-corrected chi connectivity index (χ3v) is 4.70. The van der Waals surface area contributed by atoms with Gasteiger partial charge in [-0.25, -0.2) is 4.39 Å². The number of anilines is 1. The van der Waals surface area contributed by atoms with Crippen LogP contribution in [0.4, 0.5) is 10.1 Å². The number of hydrogen-bond donors (Lipinski definition) is 1. The van der Waals surface area contributed by atoms with Gasteiger partial charge in [-0.2, -0.15) is 5.10 Å². The molecule has 0 bridgehead atoms. The third kappa shape index (κ3) is 4.62. The standard InChI is InChI=1S/C23H26FN3O3/c1-5-29-20-12-11-17(13-21(20)30-6-2)23(28)25-22-15(3)26-27(16(22)4)14-18-9-7-8-10-19(18)24/h7-13H,5-6,14H2,1-4H3,(H,25,28). The largest absolute Gasteiger partial charge is 0.490 e. The zero-order chi connectivity index (χ0) is 21.7. The second kappa shape index (κ2) is 9.43. The zero-order valence-electron chi connectivity index (χ0n) is 17.7. The SMILES string of the molecule is CCOc1ccc(C(=O)Nc2c(C)nn(Cc3ccccc3F)c2C)cc1OCC. The van der Waals surface area contributed by atoms with Crippen LogP contribution in [0.15, 0.2) is 42.5 Å². The van der Waals surface area contributed by atoms with Crippen molar-refractivity contribution in [2.75, 3.05) is 18.5 Å². The van der Waals surface area contributed by atoms with E-state index >= 15 is 0 Å². The Balaban J connectivity index is 1.83. The van der Waals surface area contributed by atoms with Gasteiger partial charge >= 0.3 is 0 Å². The molecule has 158 valence electrons. The van der Waals surface area contributed by atoms with E-state index in [4.69, 9.17) is 9.47 Å². The number of halogens is 1. The lowest BCUT2D eigenvalue weighted by atomic mass is 10.1. The number of carbonyl (C=O) groups excluding carboxylic acids is 1. The van der Waals surface area contributed by atoms with Crippen molar-refractivity contribution in [1.29, 1.82) is 0 Å². The van der Waals surface area contributed by atoms with Crippen LogP contribution in [-0.2, 0) is 6.54 Å². The number of hydrogen-bond acceptors (Lipinski definition) is 4. The Morgan fingerprint density at radius 1 is 1.07 bits per heavy atom. The molecule has 1 heterocycles. The number of ether oxygens (including phenoxy) is 2. The molecule has 1 N–H and O–H groups in total. The van der Waals surface area contributed by atoms with Crippen LogP contribution in [0.2, 0.25) is 0 Å². The minimum atomic E-state index is -0.284. The topological polar surface area (TPSA) is 65.4 Å². The second-order valence-corrected chi connectivity index (χ2v) is 6.78. The van der Waals surface area contributed by atoms with Crippen LogP contribution in [0.25, 0.3) is 0 Å². The average Bonchev–Trinajstić information content (AvgIpc) is 2.98. The molecule has 0 radical (unpaired) electrons. The van der Waals surface area contributed by atoms with Crippen molar-refractivity contribution in [1.82, 2.24) is 9.78 Å². The molecule has 30 heavy (non-hydrogen) atoms. The Bertz CT molecular complexity index is 1050. The highest BCUT2D eigenvalue weighted by Crippen LogP contribution is 2.29. The first kappa shape index (κ1) is 21.4. The smallest absolute Gasteiger partial charge is 0.255 e. The Hall–Kier alpha value is -3.35. The number of rotatable bonds is 8. The number of nitrogens with one attached hydrogen (secondary N) is 1. The predicted octanol–water partition coefficient (Wildman–Crippen LogP) is 4.74. The van der Waals surface area contributed by atoms with Crippen molar-refractivity contribution in [2.45, 2.75) is 34.2 Å². The van der Waals surface area contributed by atoms with Crippen LogP contribution in [0.5, 0.6) is 11.5 Å². The summed E-state index contributed by atoms with van der Waals surface area (Å²) in [5, 5.41) is 7.39. The van der Waals surface area contributed by atoms with E-state index in [0.717, 1.165) is 5.69 Å². The van der Waals surface area contributed by atoms with Crippen molar-refractivity contribution in [3.8, 4) is 11.5 Å². The van der Waals surface area contributed by atoms with E-state index in [1.165, 1.54) is 6.07 Å². The summed E-state index contributed by atoms with van der Waals surface area (Å²) < 4.78 is 26.8. The maximum Gasteiger partial charge on any atom is 0.255 e. The average molecular weight is 411 g/mol. The van der Waals surface area contributed by atoms with Gasteiger partial charge in [0.05, 0.1) is 36.8 Å². The van der Waals surface area contributed by atoms with Crippen LogP contribution in [0, 0.1) is 19.7 Å². The van der Waals surface area contributed by atoms with Gasteiger partial charge in [0, 0.05) is 11.1 Å². The van der Waals surface area contributed by atoms with Crippen molar-refractivity contribution in [3.63, 3.8) is 0 Å². The van der Waals surface area contributed by atoms with E-state index in [-0.39, 0.29) is 18.3 Å². The Morgan fingerprint density at radius 3 is 2.47 bits per heavy atom. The van der Waals surface area contributed by atoms with Crippen LogP contribution < -0.4 is 14.8 Å². The van der Waals surface area contributed by atoms with Gasteiger partial charge in [0.1, 0.15) is 5.82 Å². The van der Waals surface area contributed by atoms with E-state index in [1.54, 1.807) is 41.1 Å². The van der Waals surface area contributed by atoms with Gasteiger partial charge in [-0.15, -0.1) is 0 Å². The number of carbonyl (C=O) groups is 1. The summed E-state index contributed by atoms with van der Waals surface area (Å²) in [4.78, 5) is 12.9. The molecule has 0 aliphatic carbocycles. The molecule has 6 nitrogen and oxygen atoms in total. The van der Waals surface area contributed by atoms with E-state index in [2.05, 4.69) is 10.4 Å². The summed E-state index contributed by atoms with van der Waals surface area (Å²) in [6, 6.07) is 11.7. The molecule has 3 aromatic rings. The first-order valence-corrected chi connectivity index (χ1v) is 9.93. The summed E-state index contributed by atoms with van der Waals surface area (Å²) in [6.45, 7) is 8.68. The molecule has 0 aliphatic rings. The normalized spacial score (nSPS) is 10.7.